The van der Waals surface area contributed by atoms with Crippen molar-refractivity contribution in [1.29, 1.82) is 0 Å². The average Bonchev–Trinajstić information content (AvgIpc) is 2.73. The highest BCUT2D eigenvalue weighted by molar-refractivity contribution is 5.86. The summed E-state index contributed by atoms with van der Waals surface area (Å²) >= 11 is 0. The Labute approximate surface area is 178 Å². The number of para-hydroxylation sites is 1. The van der Waals surface area contributed by atoms with Crippen LogP contribution in [0, 0.1) is 0 Å². The molecule has 168 valence electrons. The van der Waals surface area contributed by atoms with Crippen LogP contribution in [0.4, 0.5) is 0 Å². The lowest BCUT2D eigenvalue weighted by Crippen LogP contribution is -2.61. The van der Waals surface area contributed by atoms with E-state index in [1.807, 2.05) is 0 Å². The maximum Gasteiger partial charge on any atom is 0.335 e. The Kier molecular flexibility index (Phi) is 5.48. The number of hydrogen-bond donors (Lipinski definition) is 6. The van der Waals surface area contributed by atoms with Crippen molar-refractivity contribution in [3.63, 3.8) is 0 Å². The van der Waals surface area contributed by atoms with E-state index in [-0.39, 0.29) is 33.8 Å². The van der Waals surface area contributed by atoms with Gasteiger partial charge in [-0.2, -0.15) is 0 Å². The van der Waals surface area contributed by atoms with Crippen molar-refractivity contribution in [1.82, 2.24) is 0 Å². The third kappa shape index (κ3) is 3.74. The lowest BCUT2D eigenvalue weighted by Gasteiger charge is -2.38. The number of fused-ring (bicyclic) bond motifs is 1. The maximum atomic E-state index is 12.5. The highest BCUT2D eigenvalue weighted by Gasteiger charge is 2.48. The fraction of sp³-hybridized carbons (Fsp3) is 0.238. The molecule has 1 fully saturated rings. The molecular weight excluding hydrogens is 428 g/mol. The van der Waals surface area contributed by atoms with Gasteiger partial charge in [0.1, 0.15) is 52.3 Å². The van der Waals surface area contributed by atoms with Gasteiger partial charge >= 0.3 is 5.97 Å². The van der Waals surface area contributed by atoms with Crippen molar-refractivity contribution in [2.45, 2.75) is 30.7 Å². The minimum absolute atomic E-state index is 0.00980. The van der Waals surface area contributed by atoms with Crippen LogP contribution in [0.2, 0.25) is 0 Å². The predicted octanol–water partition coefficient (Wildman–Crippen LogP) is 0.142. The van der Waals surface area contributed by atoms with Crippen LogP contribution in [0.1, 0.15) is 0 Å². The topological polar surface area (TPSA) is 187 Å². The Balaban J connectivity index is 1.73. The molecule has 2 heterocycles. The monoisotopic (exact) mass is 446 g/mol. The van der Waals surface area contributed by atoms with Crippen molar-refractivity contribution in [3.8, 4) is 28.6 Å². The van der Waals surface area contributed by atoms with E-state index in [0.29, 0.717) is 0 Å². The summed E-state index contributed by atoms with van der Waals surface area (Å²) in [5.41, 5.74) is -0.511. The summed E-state index contributed by atoms with van der Waals surface area (Å²) in [6.07, 6.45) is -9.20. The lowest BCUT2D eigenvalue weighted by atomic mass is 9.99. The van der Waals surface area contributed by atoms with Crippen LogP contribution in [-0.2, 0) is 9.53 Å². The summed E-state index contributed by atoms with van der Waals surface area (Å²) in [6, 6.07) is 9.42. The van der Waals surface area contributed by atoms with Crippen LogP contribution in [0.5, 0.6) is 17.2 Å². The number of ether oxygens (including phenoxy) is 2. The van der Waals surface area contributed by atoms with E-state index in [9.17, 15) is 35.1 Å². The van der Waals surface area contributed by atoms with Gasteiger partial charge < -0.3 is 44.5 Å². The Morgan fingerprint density at radius 3 is 2.34 bits per heavy atom. The number of carboxylic acids is 1. The first kappa shape index (κ1) is 21.6. The van der Waals surface area contributed by atoms with Crippen LogP contribution in [0.3, 0.4) is 0 Å². The van der Waals surface area contributed by atoms with Crippen LogP contribution < -0.4 is 10.2 Å². The fourth-order valence-electron chi connectivity index (χ4n) is 3.41. The van der Waals surface area contributed by atoms with Gasteiger partial charge in [0.15, 0.2) is 11.5 Å². The van der Waals surface area contributed by atoms with E-state index in [1.165, 1.54) is 18.2 Å². The van der Waals surface area contributed by atoms with Gasteiger partial charge in [-0.3, -0.25) is 4.79 Å². The van der Waals surface area contributed by atoms with Gasteiger partial charge in [0.2, 0.25) is 6.29 Å². The quantitative estimate of drug-likeness (QED) is 0.320. The van der Waals surface area contributed by atoms with Gasteiger partial charge in [0, 0.05) is 18.2 Å². The standard InChI is InChI=1S/C21H18O11/c22-10-4-2-1-3-9(10)13-7-12(24)15-11(23)5-8(6-14(15)31-13)30-21-18(27)16(25)17(26)19(32-21)20(28)29/h1-7,16-19,21-23,25-27H,(H,28,29)/t16-,17-,18+,19-,21?/m0/s1. The lowest BCUT2D eigenvalue weighted by molar-refractivity contribution is -0.271. The second-order valence-corrected chi connectivity index (χ2v) is 7.16. The molecule has 0 bridgehead atoms. The number of benzene rings is 2. The summed E-state index contributed by atoms with van der Waals surface area (Å²) in [5.74, 6) is -2.44. The van der Waals surface area contributed by atoms with Crippen LogP contribution in [0.25, 0.3) is 22.3 Å². The molecule has 11 nitrogen and oxygen atoms in total. The number of hydrogen-bond acceptors (Lipinski definition) is 10. The van der Waals surface area contributed by atoms with Crippen molar-refractivity contribution in [3.05, 3.63) is 52.7 Å². The first-order valence-electron chi connectivity index (χ1n) is 9.35. The Morgan fingerprint density at radius 2 is 1.66 bits per heavy atom. The number of aliphatic hydroxyl groups is 3. The zero-order valence-corrected chi connectivity index (χ0v) is 16.2. The minimum Gasteiger partial charge on any atom is -0.507 e. The largest absolute Gasteiger partial charge is 0.507 e. The molecule has 32 heavy (non-hydrogen) atoms. The van der Waals surface area contributed by atoms with E-state index in [1.54, 1.807) is 12.1 Å². The summed E-state index contributed by atoms with van der Waals surface area (Å²) in [7, 11) is 0. The van der Waals surface area contributed by atoms with Gasteiger partial charge in [0.25, 0.3) is 0 Å². The normalized spacial score (nSPS) is 25.5. The number of rotatable bonds is 4. The molecule has 5 atom stereocenters. The highest BCUT2D eigenvalue weighted by Crippen LogP contribution is 2.35. The first-order chi connectivity index (χ1) is 15.2. The smallest absolute Gasteiger partial charge is 0.335 e. The molecule has 0 amide bonds. The predicted molar refractivity (Wildman–Crippen MR) is 106 cm³/mol. The number of aliphatic carboxylic acids is 1. The number of aliphatic hydroxyl groups excluding tert-OH is 3. The molecule has 1 unspecified atom stereocenters. The molecule has 2 aromatic carbocycles. The molecule has 0 spiro atoms. The van der Waals surface area contributed by atoms with Crippen molar-refractivity contribution < 1.29 is 49.3 Å². The van der Waals surface area contributed by atoms with Crippen molar-refractivity contribution in [2.24, 2.45) is 0 Å². The molecular formula is C21H18O11. The van der Waals surface area contributed by atoms with Gasteiger partial charge in [0.05, 0.1) is 5.56 Å². The van der Waals surface area contributed by atoms with Crippen molar-refractivity contribution in [2.75, 3.05) is 0 Å². The number of carbonyl (C=O) groups is 1. The fourth-order valence-corrected chi connectivity index (χ4v) is 3.41. The van der Waals surface area contributed by atoms with Crippen LogP contribution >= 0.6 is 0 Å². The molecule has 11 heteroatoms. The van der Waals surface area contributed by atoms with Crippen molar-refractivity contribution >= 4 is 16.9 Å². The molecule has 3 aromatic rings. The van der Waals surface area contributed by atoms with Gasteiger partial charge in [-0.15, -0.1) is 0 Å². The minimum atomic E-state index is -1.90. The Hall–Kier alpha value is -3.64. The molecule has 0 radical (unpaired) electrons. The van der Waals surface area contributed by atoms with Crippen LogP contribution in [0.15, 0.2) is 51.7 Å². The summed E-state index contributed by atoms with van der Waals surface area (Å²) in [5, 5.41) is 59.0. The number of carboxylic acid groups (broad SMARTS) is 1. The number of phenolic OH excluding ortho intramolecular Hbond substituents is 2. The van der Waals surface area contributed by atoms with E-state index in [0.717, 1.165) is 12.1 Å². The maximum absolute atomic E-state index is 12.5. The zero-order chi connectivity index (χ0) is 23.2. The third-order valence-corrected chi connectivity index (χ3v) is 5.02. The van der Waals surface area contributed by atoms with Gasteiger partial charge in [-0.25, -0.2) is 4.79 Å². The number of phenols is 2. The molecule has 1 aromatic heterocycles. The average molecular weight is 446 g/mol. The first-order valence-corrected chi connectivity index (χ1v) is 9.35. The molecule has 6 N–H and O–H groups in total. The number of aromatic hydroxyl groups is 2. The second kappa shape index (κ2) is 8.13. The van der Waals surface area contributed by atoms with E-state index >= 15 is 0 Å². The molecule has 4 rings (SSSR count). The zero-order valence-electron chi connectivity index (χ0n) is 16.2. The summed E-state index contributed by atoms with van der Waals surface area (Å²) in [6.45, 7) is 0. The van der Waals surface area contributed by atoms with E-state index in [2.05, 4.69) is 0 Å². The molecule has 0 saturated carbocycles. The molecule has 1 aliphatic rings. The van der Waals surface area contributed by atoms with E-state index < -0.39 is 47.9 Å². The molecule has 0 aliphatic carbocycles. The SMILES string of the molecule is O=C(O)[C@H]1OC(Oc2cc(O)c3c(=O)cc(-c4ccccc4O)oc3c2)[C@H](O)[C@@H](O)[C@@H]1O. The molecule has 1 saturated heterocycles. The highest BCUT2D eigenvalue weighted by atomic mass is 16.7. The van der Waals surface area contributed by atoms with E-state index in [4.69, 9.17) is 19.0 Å². The van der Waals surface area contributed by atoms with Gasteiger partial charge in [-0.05, 0) is 12.1 Å². The second-order valence-electron chi connectivity index (χ2n) is 7.16. The summed E-state index contributed by atoms with van der Waals surface area (Å²) < 4.78 is 16.1. The van der Waals surface area contributed by atoms with Crippen LogP contribution in [-0.4, -0.2) is 67.3 Å². The third-order valence-electron chi connectivity index (χ3n) is 5.02. The van der Waals surface area contributed by atoms with Gasteiger partial charge in [-0.1, -0.05) is 12.1 Å². The summed E-state index contributed by atoms with van der Waals surface area (Å²) in [4.78, 5) is 23.8. The Bertz CT molecular complexity index is 1230. The molecule has 1 aliphatic heterocycles. The Morgan fingerprint density at radius 1 is 0.938 bits per heavy atom.